The molecular weight excluding hydrogens is 215 g/mol. The van der Waals surface area contributed by atoms with Crippen LogP contribution in [0.15, 0.2) is 18.2 Å². The highest BCUT2D eigenvalue weighted by Gasteiger charge is 2.18. The first-order valence-corrected chi connectivity index (χ1v) is 6.61. The van der Waals surface area contributed by atoms with Gasteiger partial charge in [0.05, 0.1) is 6.10 Å². The molecule has 0 aliphatic heterocycles. The fourth-order valence-electron chi connectivity index (χ4n) is 2.86. The molecule has 1 atom stereocenters. The fourth-order valence-corrected chi connectivity index (χ4v) is 2.86. The van der Waals surface area contributed by atoms with Crippen LogP contribution in [-0.2, 0) is 0 Å². The minimum absolute atomic E-state index is 0.228. The van der Waals surface area contributed by atoms with Gasteiger partial charge in [-0.25, -0.2) is 4.39 Å². The molecule has 17 heavy (non-hydrogen) atoms. The van der Waals surface area contributed by atoms with Crippen molar-refractivity contribution in [3.05, 3.63) is 35.1 Å². The number of aliphatic hydroxyl groups is 1. The van der Waals surface area contributed by atoms with Crippen LogP contribution in [0, 0.1) is 18.7 Å². The molecule has 2 heteroatoms. The smallest absolute Gasteiger partial charge is 0.123 e. The zero-order chi connectivity index (χ0) is 12.3. The normalized spacial score (nSPS) is 18.5. The van der Waals surface area contributed by atoms with Crippen LogP contribution in [0.4, 0.5) is 4.39 Å². The van der Waals surface area contributed by atoms with E-state index in [-0.39, 0.29) is 5.82 Å². The number of aryl methyl sites for hydroxylation is 1. The first-order chi connectivity index (χ1) is 8.16. The van der Waals surface area contributed by atoms with E-state index >= 15 is 0 Å². The summed E-state index contributed by atoms with van der Waals surface area (Å²) in [6.45, 7) is 1.86. The van der Waals surface area contributed by atoms with E-state index in [1.54, 1.807) is 6.07 Å². The molecule has 0 radical (unpaired) electrons. The predicted molar refractivity (Wildman–Crippen MR) is 67.3 cm³/mol. The summed E-state index contributed by atoms with van der Waals surface area (Å²) in [4.78, 5) is 0. The average molecular weight is 236 g/mol. The van der Waals surface area contributed by atoms with Crippen molar-refractivity contribution >= 4 is 0 Å². The Morgan fingerprint density at radius 3 is 2.71 bits per heavy atom. The van der Waals surface area contributed by atoms with Crippen molar-refractivity contribution in [3.8, 4) is 0 Å². The Morgan fingerprint density at radius 2 is 2.06 bits per heavy atom. The van der Waals surface area contributed by atoms with Crippen molar-refractivity contribution in [2.24, 2.45) is 5.92 Å². The molecule has 1 unspecified atom stereocenters. The lowest BCUT2D eigenvalue weighted by molar-refractivity contribution is 0.156. The molecule has 1 aliphatic carbocycles. The van der Waals surface area contributed by atoms with E-state index in [1.165, 1.54) is 37.8 Å². The monoisotopic (exact) mass is 236 g/mol. The molecule has 1 nitrogen and oxygen atoms in total. The molecule has 0 heterocycles. The Balaban J connectivity index is 1.91. The highest BCUT2D eigenvalue weighted by Crippen LogP contribution is 2.32. The van der Waals surface area contributed by atoms with Crippen molar-refractivity contribution in [3.63, 3.8) is 0 Å². The fraction of sp³-hybridized carbons (Fsp3) is 0.600. The Labute approximate surface area is 103 Å². The zero-order valence-corrected chi connectivity index (χ0v) is 10.5. The number of hydrogen-bond donors (Lipinski definition) is 1. The third kappa shape index (κ3) is 3.29. The lowest BCUT2D eigenvalue weighted by atomic mass is 9.94. The van der Waals surface area contributed by atoms with E-state index in [4.69, 9.17) is 0 Å². The van der Waals surface area contributed by atoms with Gasteiger partial charge in [-0.2, -0.15) is 0 Å². The van der Waals surface area contributed by atoms with Gasteiger partial charge in [-0.3, -0.25) is 0 Å². The first-order valence-electron chi connectivity index (χ1n) is 6.61. The van der Waals surface area contributed by atoms with E-state index in [0.717, 1.165) is 29.9 Å². The van der Waals surface area contributed by atoms with E-state index in [1.807, 2.05) is 6.92 Å². The van der Waals surface area contributed by atoms with Crippen molar-refractivity contribution < 1.29 is 9.50 Å². The van der Waals surface area contributed by atoms with Gasteiger partial charge in [0, 0.05) is 0 Å². The number of hydrogen-bond acceptors (Lipinski definition) is 1. The maximum atomic E-state index is 13.0. The Kier molecular flexibility index (Phi) is 4.16. The maximum absolute atomic E-state index is 13.0. The van der Waals surface area contributed by atoms with Gasteiger partial charge < -0.3 is 5.11 Å². The quantitative estimate of drug-likeness (QED) is 0.833. The molecule has 1 aromatic rings. The highest BCUT2D eigenvalue weighted by atomic mass is 19.1. The number of aliphatic hydroxyl groups excluding tert-OH is 1. The summed E-state index contributed by atoms with van der Waals surface area (Å²) in [5.74, 6) is 0.569. The summed E-state index contributed by atoms with van der Waals surface area (Å²) in [6.07, 6.45) is 6.78. The van der Waals surface area contributed by atoms with E-state index in [0.29, 0.717) is 0 Å². The minimum atomic E-state index is -0.434. The summed E-state index contributed by atoms with van der Waals surface area (Å²) < 4.78 is 13.0. The molecule has 94 valence electrons. The summed E-state index contributed by atoms with van der Waals surface area (Å²) in [5, 5.41) is 10.1. The standard InChI is InChI=1S/C15H21FO/c1-11-10-13(16)7-8-14(11)15(17)9-6-12-4-2-3-5-12/h7-8,10,12,15,17H,2-6,9H2,1H3. The summed E-state index contributed by atoms with van der Waals surface area (Å²) in [6, 6.07) is 4.64. The molecule has 2 rings (SSSR count). The molecular formula is C15H21FO. The maximum Gasteiger partial charge on any atom is 0.123 e. The predicted octanol–water partition coefficient (Wildman–Crippen LogP) is 4.14. The Hall–Kier alpha value is -0.890. The molecule has 0 aromatic heterocycles. The summed E-state index contributed by atoms with van der Waals surface area (Å²) in [7, 11) is 0. The molecule has 0 bridgehead atoms. The third-order valence-corrected chi connectivity index (χ3v) is 3.91. The van der Waals surface area contributed by atoms with E-state index in [2.05, 4.69) is 0 Å². The number of benzene rings is 1. The SMILES string of the molecule is Cc1cc(F)ccc1C(O)CCC1CCCC1. The van der Waals surface area contributed by atoms with Gasteiger partial charge >= 0.3 is 0 Å². The number of halogens is 1. The second-order valence-electron chi connectivity index (χ2n) is 5.24. The lowest BCUT2D eigenvalue weighted by Gasteiger charge is -2.16. The molecule has 0 saturated heterocycles. The van der Waals surface area contributed by atoms with E-state index in [9.17, 15) is 9.50 Å². The molecule has 1 aromatic carbocycles. The van der Waals surface area contributed by atoms with E-state index < -0.39 is 6.10 Å². The van der Waals surface area contributed by atoms with Crippen molar-refractivity contribution in [1.29, 1.82) is 0 Å². The molecule has 1 saturated carbocycles. The van der Waals surface area contributed by atoms with Crippen LogP contribution in [-0.4, -0.2) is 5.11 Å². The Bertz CT molecular complexity index is 369. The highest BCUT2D eigenvalue weighted by molar-refractivity contribution is 5.28. The largest absolute Gasteiger partial charge is 0.388 e. The molecule has 1 aliphatic rings. The van der Waals surface area contributed by atoms with Crippen molar-refractivity contribution in [1.82, 2.24) is 0 Å². The molecule has 0 spiro atoms. The van der Waals surface area contributed by atoms with Crippen LogP contribution < -0.4 is 0 Å². The van der Waals surface area contributed by atoms with Gasteiger partial charge in [-0.1, -0.05) is 31.7 Å². The molecule has 0 amide bonds. The average Bonchev–Trinajstić information content (AvgIpc) is 2.78. The van der Waals surface area contributed by atoms with Gasteiger partial charge in [0.1, 0.15) is 5.82 Å². The zero-order valence-electron chi connectivity index (χ0n) is 10.5. The second kappa shape index (κ2) is 5.63. The van der Waals surface area contributed by atoms with Gasteiger partial charge in [0.15, 0.2) is 0 Å². The van der Waals surface area contributed by atoms with Crippen molar-refractivity contribution in [2.75, 3.05) is 0 Å². The third-order valence-electron chi connectivity index (χ3n) is 3.91. The Morgan fingerprint density at radius 1 is 1.35 bits per heavy atom. The topological polar surface area (TPSA) is 20.2 Å². The van der Waals surface area contributed by atoms with Gasteiger partial charge in [0.25, 0.3) is 0 Å². The summed E-state index contributed by atoms with van der Waals surface area (Å²) >= 11 is 0. The molecule has 1 N–H and O–H groups in total. The molecule has 1 fully saturated rings. The van der Waals surface area contributed by atoms with Crippen LogP contribution in [0.3, 0.4) is 0 Å². The van der Waals surface area contributed by atoms with Crippen LogP contribution >= 0.6 is 0 Å². The first kappa shape index (κ1) is 12.6. The summed E-state index contributed by atoms with van der Waals surface area (Å²) in [5.41, 5.74) is 1.73. The van der Waals surface area contributed by atoms with Gasteiger partial charge in [-0.05, 0) is 48.9 Å². The van der Waals surface area contributed by atoms with Crippen LogP contribution in [0.1, 0.15) is 55.8 Å². The van der Waals surface area contributed by atoms with Gasteiger partial charge in [0.2, 0.25) is 0 Å². The van der Waals surface area contributed by atoms with Crippen LogP contribution in [0.25, 0.3) is 0 Å². The second-order valence-corrected chi connectivity index (χ2v) is 5.24. The van der Waals surface area contributed by atoms with Crippen LogP contribution in [0.2, 0.25) is 0 Å². The van der Waals surface area contributed by atoms with Gasteiger partial charge in [-0.15, -0.1) is 0 Å². The van der Waals surface area contributed by atoms with Crippen molar-refractivity contribution in [2.45, 2.75) is 51.6 Å². The van der Waals surface area contributed by atoms with Crippen LogP contribution in [0.5, 0.6) is 0 Å². The lowest BCUT2D eigenvalue weighted by Crippen LogP contribution is -2.03. The number of rotatable bonds is 4. The minimum Gasteiger partial charge on any atom is -0.388 e.